The third-order valence-corrected chi connectivity index (χ3v) is 4.62. The minimum Gasteiger partial charge on any atom is -0.497 e. The fourth-order valence-corrected chi connectivity index (χ4v) is 3.13. The molecule has 1 aliphatic rings. The van der Waals surface area contributed by atoms with Crippen LogP contribution in [0.5, 0.6) is 17.2 Å². The van der Waals surface area contributed by atoms with Crippen LogP contribution in [0.4, 0.5) is 4.79 Å². The van der Waals surface area contributed by atoms with E-state index >= 15 is 0 Å². The number of benzene rings is 3. The van der Waals surface area contributed by atoms with Crippen molar-refractivity contribution in [3.63, 3.8) is 0 Å². The third kappa shape index (κ3) is 4.11. The zero-order valence-corrected chi connectivity index (χ0v) is 15.6. The number of fused-ring (bicyclic) bond motifs is 2. The molecule has 0 unspecified atom stereocenters. The predicted molar refractivity (Wildman–Crippen MR) is 107 cm³/mol. The van der Waals surface area contributed by atoms with Crippen LogP contribution in [0.2, 0.25) is 0 Å². The van der Waals surface area contributed by atoms with Crippen molar-refractivity contribution in [2.45, 2.75) is 12.6 Å². The lowest BCUT2D eigenvalue weighted by Crippen LogP contribution is -2.44. The van der Waals surface area contributed by atoms with E-state index in [1.807, 2.05) is 54.6 Å². The van der Waals surface area contributed by atoms with Crippen LogP contribution in [-0.2, 0) is 6.54 Å². The molecule has 1 heterocycles. The molecule has 2 N–H and O–H groups in total. The molecule has 0 saturated carbocycles. The number of hydrogen-bond acceptors (Lipinski definition) is 4. The highest BCUT2D eigenvalue weighted by Crippen LogP contribution is 2.30. The average Bonchev–Trinajstić information content (AvgIpc) is 2.75. The molecule has 3 aromatic carbocycles. The van der Waals surface area contributed by atoms with E-state index in [-0.39, 0.29) is 12.1 Å². The number of carbonyl (C=O) groups excluding carboxylic acids is 1. The summed E-state index contributed by atoms with van der Waals surface area (Å²) in [5.41, 5.74) is 1.03. The lowest BCUT2D eigenvalue weighted by Gasteiger charge is -2.26. The molecule has 0 fully saturated rings. The fourth-order valence-electron chi connectivity index (χ4n) is 3.13. The molecular formula is C22H22N2O4. The standard InChI is InChI=1S/C22H22N2O4/c1-26-18-9-8-16-10-15(6-7-17(16)11-18)12-23-22(25)24-13-19-14-27-20-4-2-3-5-21(20)28-19/h2-11,19H,12-14H2,1H3,(H2,23,24,25)/t19-/m1/s1. The van der Waals surface area contributed by atoms with Crippen LogP contribution in [0, 0.1) is 0 Å². The summed E-state index contributed by atoms with van der Waals surface area (Å²) in [4.78, 5) is 12.1. The number of methoxy groups -OCH3 is 1. The molecule has 6 nitrogen and oxygen atoms in total. The molecular weight excluding hydrogens is 356 g/mol. The molecule has 1 atom stereocenters. The fraction of sp³-hybridized carbons (Fsp3) is 0.227. The van der Waals surface area contributed by atoms with Gasteiger partial charge in [0.25, 0.3) is 0 Å². The van der Waals surface area contributed by atoms with Gasteiger partial charge in [-0.2, -0.15) is 0 Å². The number of nitrogens with one attached hydrogen (secondary N) is 2. The smallest absolute Gasteiger partial charge is 0.315 e. The van der Waals surface area contributed by atoms with Gasteiger partial charge >= 0.3 is 6.03 Å². The maximum Gasteiger partial charge on any atom is 0.315 e. The molecule has 4 rings (SSSR count). The molecule has 0 radical (unpaired) electrons. The Balaban J connectivity index is 1.27. The second-order valence-corrected chi connectivity index (χ2v) is 6.61. The summed E-state index contributed by atoms with van der Waals surface area (Å²) in [6, 6.07) is 19.3. The predicted octanol–water partition coefficient (Wildman–Crippen LogP) is 3.49. The molecule has 28 heavy (non-hydrogen) atoms. The summed E-state index contributed by atoms with van der Waals surface area (Å²) in [5, 5.41) is 7.91. The molecule has 3 aromatic rings. The molecule has 144 valence electrons. The van der Waals surface area contributed by atoms with Crippen LogP contribution in [-0.4, -0.2) is 32.4 Å². The van der Waals surface area contributed by atoms with Crippen molar-refractivity contribution in [1.29, 1.82) is 0 Å². The first-order chi connectivity index (χ1) is 13.7. The summed E-state index contributed by atoms with van der Waals surface area (Å²) >= 11 is 0. The van der Waals surface area contributed by atoms with Gasteiger partial charge < -0.3 is 24.8 Å². The minimum atomic E-state index is -0.239. The molecule has 0 aromatic heterocycles. The molecule has 0 spiro atoms. The number of amides is 2. The Kier molecular flexibility index (Phi) is 5.19. The van der Waals surface area contributed by atoms with Crippen molar-refractivity contribution < 1.29 is 19.0 Å². The average molecular weight is 378 g/mol. The highest BCUT2D eigenvalue weighted by atomic mass is 16.6. The molecule has 0 saturated heterocycles. The van der Waals surface area contributed by atoms with Gasteiger partial charge in [0.1, 0.15) is 12.4 Å². The first kappa shape index (κ1) is 18.0. The van der Waals surface area contributed by atoms with Gasteiger partial charge in [-0.25, -0.2) is 4.79 Å². The number of ether oxygens (including phenoxy) is 3. The SMILES string of the molecule is COc1ccc2cc(CNC(=O)NC[C@@H]3COc4ccccc4O3)ccc2c1. The van der Waals surface area contributed by atoms with E-state index in [0.717, 1.165) is 27.8 Å². The van der Waals surface area contributed by atoms with Gasteiger partial charge in [-0.05, 0) is 46.7 Å². The van der Waals surface area contributed by atoms with Crippen molar-refractivity contribution in [2.75, 3.05) is 20.3 Å². The zero-order chi connectivity index (χ0) is 19.3. The van der Waals surface area contributed by atoms with Gasteiger partial charge in [0, 0.05) is 6.54 Å². The Morgan fingerprint density at radius 1 is 1.04 bits per heavy atom. The number of para-hydroxylation sites is 2. The molecule has 2 amide bonds. The molecule has 1 aliphatic heterocycles. The van der Waals surface area contributed by atoms with Crippen LogP contribution in [0.25, 0.3) is 10.8 Å². The zero-order valence-electron chi connectivity index (χ0n) is 15.6. The maximum absolute atomic E-state index is 12.1. The number of hydrogen-bond donors (Lipinski definition) is 2. The van der Waals surface area contributed by atoms with E-state index in [1.165, 1.54) is 0 Å². The molecule has 0 bridgehead atoms. The Morgan fingerprint density at radius 2 is 1.82 bits per heavy atom. The van der Waals surface area contributed by atoms with Gasteiger partial charge in [0.2, 0.25) is 0 Å². The molecule has 0 aliphatic carbocycles. The van der Waals surface area contributed by atoms with Gasteiger partial charge in [0.05, 0.1) is 13.7 Å². The van der Waals surface area contributed by atoms with E-state index in [0.29, 0.717) is 25.4 Å². The summed E-state index contributed by atoms with van der Waals surface area (Å²) in [6.45, 7) is 1.22. The minimum absolute atomic E-state index is 0.212. The van der Waals surface area contributed by atoms with Crippen LogP contribution in [0.1, 0.15) is 5.56 Å². The maximum atomic E-state index is 12.1. The second-order valence-electron chi connectivity index (χ2n) is 6.61. The van der Waals surface area contributed by atoms with Crippen molar-refractivity contribution in [3.05, 3.63) is 66.2 Å². The summed E-state index contributed by atoms with van der Waals surface area (Å²) < 4.78 is 16.7. The van der Waals surface area contributed by atoms with E-state index in [4.69, 9.17) is 14.2 Å². The third-order valence-electron chi connectivity index (χ3n) is 4.62. The monoisotopic (exact) mass is 378 g/mol. The van der Waals surface area contributed by atoms with Gasteiger partial charge in [0.15, 0.2) is 17.6 Å². The van der Waals surface area contributed by atoms with E-state index in [1.54, 1.807) is 7.11 Å². The Bertz CT molecular complexity index is 989. The largest absolute Gasteiger partial charge is 0.497 e. The van der Waals surface area contributed by atoms with E-state index in [2.05, 4.69) is 16.7 Å². The molecule has 6 heteroatoms. The van der Waals surface area contributed by atoms with E-state index < -0.39 is 0 Å². The summed E-state index contributed by atoms with van der Waals surface area (Å²) in [7, 11) is 1.65. The summed E-state index contributed by atoms with van der Waals surface area (Å²) in [6.07, 6.45) is -0.212. The first-order valence-electron chi connectivity index (χ1n) is 9.18. The quantitative estimate of drug-likeness (QED) is 0.713. The highest BCUT2D eigenvalue weighted by molar-refractivity contribution is 5.84. The van der Waals surface area contributed by atoms with E-state index in [9.17, 15) is 4.79 Å². The first-order valence-corrected chi connectivity index (χ1v) is 9.18. The van der Waals surface area contributed by atoms with Crippen molar-refractivity contribution >= 4 is 16.8 Å². The van der Waals surface area contributed by atoms with Gasteiger partial charge in [-0.1, -0.05) is 30.3 Å². The van der Waals surface area contributed by atoms with Crippen molar-refractivity contribution in [1.82, 2.24) is 10.6 Å². The lowest BCUT2D eigenvalue weighted by molar-refractivity contribution is 0.0918. The van der Waals surface area contributed by atoms with Crippen molar-refractivity contribution in [2.24, 2.45) is 0 Å². The Morgan fingerprint density at radius 3 is 2.68 bits per heavy atom. The normalized spacial score (nSPS) is 15.1. The Labute approximate surface area is 163 Å². The van der Waals surface area contributed by atoms with Crippen LogP contribution in [0.3, 0.4) is 0 Å². The van der Waals surface area contributed by atoms with Crippen LogP contribution in [0.15, 0.2) is 60.7 Å². The highest BCUT2D eigenvalue weighted by Gasteiger charge is 2.20. The Hall–Kier alpha value is -3.41. The van der Waals surface area contributed by atoms with Gasteiger partial charge in [-0.15, -0.1) is 0 Å². The number of rotatable bonds is 5. The second kappa shape index (κ2) is 8.08. The number of urea groups is 1. The van der Waals surface area contributed by atoms with Gasteiger partial charge in [-0.3, -0.25) is 0 Å². The van der Waals surface area contributed by atoms with Crippen molar-refractivity contribution in [3.8, 4) is 17.2 Å². The number of carbonyl (C=O) groups is 1. The van der Waals surface area contributed by atoms with Crippen LogP contribution >= 0.6 is 0 Å². The summed E-state index contributed by atoms with van der Waals surface area (Å²) in [5.74, 6) is 2.26. The lowest BCUT2D eigenvalue weighted by atomic mass is 10.1. The van der Waals surface area contributed by atoms with Crippen LogP contribution < -0.4 is 24.8 Å². The topological polar surface area (TPSA) is 68.8 Å².